The summed E-state index contributed by atoms with van der Waals surface area (Å²) in [5, 5.41) is 14.1. The lowest BCUT2D eigenvalue weighted by Gasteiger charge is -2.15. The highest BCUT2D eigenvalue weighted by molar-refractivity contribution is 6.31. The monoisotopic (exact) mass is 394 g/mol. The van der Waals surface area contributed by atoms with Crippen LogP contribution >= 0.6 is 11.6 Å². The molecule has 0 unspecified atom stereocenters. The molecular weight excluding hydrogens is 368 g/mol. The fraction of sp³-hybridized carbons (Fsp3) is 0.391. The average Bonchev–Trinajstić information content (AvgIpc) is 2.94. The summed E-state index contributed by atoms with van der Waals surface area (Å²) in [6.45, 7) is 1.32. The van der Waals surface area contributed by atoms with E-state index in [2.05, 4.69) is 17.4 Å². The first-order valence-corrected chi connectivity index (χ1v) is 10.6. The molecule has 1 aromatic heterocycles. The van der Waals surface area contributed by atoms with Crippen LogP contribution in [0.2, 0.25) is 5.02 Å². The largest absolute Gasteiger partial charge is 0.308 e. The smallest absolute Gasteiger partial charge is 0.117 e. The molecule has 4 nitrogen and oxygen atoms in total. The van der Waals surface area contributed by atoms with E-state index in [0.717, 1.165) is 34.1 Å². The summed E-state index contributed by atoms with van der Waals surface area (Å²) in [6.07, 6.45) is 7.89. The van der Waals surface area contributed by atoms with Crippen molar-refractivity contribution in [2.75, 3.05) is 0 Å². The summed E-state index contributed by atoms with van der Waals surface area (Å²) >= 11 is 6.33. The quantitative estimate of drug-likeness (QED) is 0.564. The number of rotatable bonds is 6. The van der Waals surface area contributed by atoms with E-state index in [-0.39, 0.29) is 0 Å². The third-order valence-electron chi connectivity index (χ3n) is 5.46. The Morgan fingerprint density at radius 3 is 2.36 bits per heavy atom. The number of hydrogen-bond donors (Lipinski definition) is 1. The van der Waals surface area contributed by atoms with Crippen LogP contribution in [-0.4, -0.2) is 21.0 Å². The van der Waals surface area contributed by atoms with Crippen molar-refractivity contribution in [3.05, 3.63) is 70.9 Å². The molecule has 0 atom stereocenters. The molecule has 1 saturated carbocycles. The molecule has 4 rings (SSSR count). The number of nitrogens with one attached hydrogen (secondary N) is 1. The molecular formula is C23H27ClN4. The van der Waals surface area contributed by atoms with Crippen molar-refractivity contribution in [2.45, 2.75) is 57.7 Å². The minimum atomic E-state index is 0.572. The van der Waals surface area contributed by atoms with Gasteiger partial charge in [0.05, 0.1) is 6.54 Å². The van der Waals surface area contributed by atoms with Gasteiger partial charge in [0.2, 0.25) is 0 Å². The van der Waals surface area contributed by atoms with Crippen LogP contribution in [-0.2, 0) is 13.1 Å². The summed E-state index contributed by atoms with van der Waals surface area (Å²) in [4.78, 5) is 1.77. The Kier molecular flexibility index (Phi) is 6.40. The van der Waals surface area contributed by atoms with E-state index in [1.165, 1.54) is 38.5 Å². The molecule has 0 saturated heterocycles. The van der Waals surface area contributed by atoms with Crippen molar-refractivity contribution in [1.29, 1.82) is 0 Å². The molecule has 1 aliphatic rings. The molecule has 28 heavy (non-hydrogen) atoms. The van der Waals surface area contributed by atoms with Crippen molar-refractivity contribution in [2.24, 2.45) is 0 Å². The fourth-order valence-electron chi connectivity index (χ4n) is 3.90. The second kappa shape index (κ2) is 9.35. The first kappa shape index (κ1) is 19.2. The Morgan fingerprint density at radius 1 is 0.893 bits per heavy atom. The predicted molar refractivity (Wildman–Crippen MR) is 114 cm³/mol. The summed E-state index contributed by atoms with van der Waals surface area (Å²) in [5.41, 5.74) is 4.09. The second-order valence-electron chi connectivity index (χ2n) is 7.55. The van der Waals surface area contributed by atoms with Crippen molar-refractivity contribution >= 4 is 11.6 Å². The van der Waals surface area contributed by atoms with Gasteiger partial charge in [-0.15, -0.1) is 0 Å². The molecule has 3 aromatic rings. The third kappa shape index (κ3) is 4.81. The topological polar surface area (TPSA) is 42.7 Å². The van der Waals surface area contributed by atoms with Gasteiger partial charge >= 0.3 is 0 Å². The van der Waals surface area contributed by atoms with Gasteiger partial charge in [-0.3, -0.25) is 0 Å². The summed E-state index contributed by atoms with van der Waals surface area (Å²) < 4.78 is 0. The molecule has 2 aromatic carbocycles. The van der Waals surface area contributed by atoms with E-state index in [1.54, 1.807) is 4.80 Å². The zero-order valence-corrected chi connectivity index (χ0v) is 16.9. The van der Waals surface area contributed by atoms with Crippen LogP contribution in [0.15, 0.2) is 54.6 Å². The zero-order valence-electron chi connectivity index (χ0n) is 16.1. The van der Waals surface area contributed by atoms with Gasteiger partial charge in [0.15, 0.2) is 0 Å². The van der Waals surface area contributed by atoms with Crippen molar-refractivity contribution in [1.82, 2.24) is 20.3 Å². The lowest BCUT2D eigenvalue weighted by atomic mass is 10.1. The van der Waals surface area contributed by atoms with Crippen LogP contribution in [0.25, 0.3) is 11.3 Å². The highest BCUT2D eigenvalue weighted by atomic mass is 35.5. The highest BCUT2D eigenvalue weighted by Gasteiger charge is 2.17. The Bertz CT molecular complexity index is 883. The molecule has 146 valence electrons. The van der Waals surface area contributed by atoms with Gasteiger partial charge in [-0.25, -0.2) is 0 Å². The lowest BCUT2D eigenvalue weighted by Crippen LogP contribution is -2.28. The van der Waals surface area contributed by atoms with E-state index in [1.807, 2.05) is 42.5 Å². The molecule has 1 N–H and O–H groups in total. The third-order valence-corrected chi connectivity index (χ3v) is 5.82. The molecule has 1 heterocycles. The molecule has 0 amide bonds. The summed E-state index contributed by atoms with van der Waals surface area (Å²) in [6, 6.07) is 18.8. The Balaban J connectivity index is 1.56. The summed E-state index contributed by atoms with van der Waals surface area (Å²) in [5.74, 6) is 0. The number of hydrogen-bond acceptors (Lipinski definition) is 3. The molecule has 1 aliphatic carbocycles. The normalized spacial score (nSPS) is 15.5. The van der Waals surface area contributed by atoms with Crippen LogP contribution in [0.4, 0.5) is 0 Å². The Hall–Kier alpha value is -2.17. The maximum absolute atomic E-state index is 6.33. The number of benzene rings is 2. The van der Waals surface area contributed by atoms with E-state index in [9.17, 15) is 0 Å². The van der Waals surface area contributed by atoms with Gasteiger partial charge in [0, 0.05) is 23.2 Å². The number of nitrogens with zero attached hydrogens (tertiary/aromatic N) is 3. The predicted octanol–water partition coefficient (Wildman–Crippen LogP) is 5.46. The van der Waals surface area contributed by atoms with Gasteiger partial charge in [-0.1, -0.05) is 85.8 Å². The van der Waals surface area contributed by atoms with Gasteiger partial charge in [0.1, 0.15) is 11.4 Å². The molecule has 1 fully saturated rings. The lowest BCUT2D eigenvalue weighted by molar-refractivity contribution is 0.453. The first-order chi connectivity index (χ1) is 13.8. The van der Waals surface area contributed by atoms with Gasteiger partial charge in [0.25, 0.3) is 0 Å². The fourth-order valence-corrected chi connectivity index (χ4v) is 4.09. The average molecular weight is 395 g/mol. The Labute approximate surface area is 171 Å². The van der Waals surface area contributed by atoms with Gasteiger partial charge in [-0.2, -0.15) is 15.0 Å². The van der Waals surface area contributed by atoms with Gasteiger partial charge < -0.3 is 5.32 Å². The van der Waals surface area contributed by atoms with E-state index >= 15 is 0 Å². The van der Waals surface area contributed by atoms with Crippen LogP contribution in [0.1, 0.15) is 49.8 Å². The van der Waals surface area contributed by atoms with Crippen molar-refractivity contribution in [3.8, 4) is 11.3 Å². The standard InChI is InChI=1S/C23H27ClN4/c24-21-15-9-8-12-19(21)17-28-26-22(16-25-20-13-6-1-2-7-14-20)23(27-28)18-10-4-3-5-11-18/h3-5,8-12,15,20,25H,1-2,6-7,13-14,16-17H2. The highest BCUT2D eigenvalue weighted by Crippen LogP contribution is 2.23. The number of aromatic nitrogens is 3. The zero-order chi connectivity index (χ0) is 19.2. The number of halogens is 1. The molecule has 0 bridgehead atoms. The Morgan fingerprint density at radius 2 is 1.61 bits per heavy atom. The minimum Gasteiger partial charge on any atom is -0.308 e. The minimum absolute atomic E-state index is 0.572. The maximum Gasteiger partial charge on any atom is 0.117 e. The second-order valence-corrected chi connectivity index (χ2v) is 7.96. The summed E-state index contributed by atoms with van der Waals surface area (Å²) in [7, 11) is 0. The molecule has 5 heteroatoms. The van der Waals surface area contributed by atoms with E-state index in [4.69, 9.17) is 21.8 Å². The van der Waals surface area contributed by atoms with Crippen LogP contribution in [0.5, 0.6) is 0 Å². The molecule has 0 radical (unpaired) electrons. The van der Waals surface area contributed by atoms with Crippen LogP contribution < -0.4 is 5.32 Å². The molecule has 0 spiro atoms. The van der Waals surface area contributed by atoms with E-state index in [0.29, 0.717) is 12.6 Å². The maximum atomic E-state index is 6.33. The molecule has 0 aliphatic heterocycles. The van der Waals surface area contributed by atoms with Crippen molar-refractivity contribution in [3.63, 3.8) is 0 Å². The van der Waals surface area contributed by atoms with E-state index < -0.39 is 0 Å². The van der Waals surface area contributed by atoms with Crippen molar-refractivity contribution < 1.29 is 0 Å². The van der Waals surface area contributed by atoms with Crippen LogP contribution in [0.3, 0.4) is 0 Å². The first-order valence-electron chi connectivity index (χ1n) is 10.3. The van der Waals surface area contributed by atoms with Crippen LogP contribution in [0, 0.1) is 0 Å². The SMILES string of the molecule is Clc1ccccc1Cn1nc(CNC2CCCCCC2)c(-c2ccccc2)n1. The van der Waals surface area contributed by atoms with Gasteiger partial charge in [-0.05, 0) is 24.5 Å².